The summed E-state index contributed by atoms with van der Waals surface area (Å²) in [5.74, 6) is -0.491. The van der Waals surface area contributed by atoms with Gasteiger partial charge >= 0.3 is 215 Å². The van der Waals surface area contributed by atoms with Crippen molar-refractivity contribution in [1.82, 2.24) is 9.80 Å². The number of rotatable bonds is 2. The van der Waals surface area contributed by atoms with Crippen LogP contribution < -0.4 is 15.3 Å². The SMILES string of the molecule is CN1C(=O)C(=Cc2ccc(N3c4ccccc4[Si](C)(C)c4ccccc43)[se]2)C(=O)N(C)C1=[Te]. The molecule has 0 N–H and O–H groups in total. The van der Waals surface area contributed by atoms with E-state index in [9.17, 15) is 9.59 Å². The zero-order valence-electron chi connectivity index (χ0n) is 18.8. The molecule has 3 aromatic rings. The molecule has 1 fully saturated rings. The van der Waals surface area contributed by atoms with Gasteiger partial charge in [-0.25, -0.2) is 0 Å². The van der Waals surface area contributed by atoms with Gasteiger partial charge in [0.2, 0.25) is 0 Å². The first-order valence-electron chi connectivity index (χ1n) is 10.6. The Kier molecular flexibility index (Phi) is 5.63. The van der Waals surface area contributed by atoms with E-state index in [0.29, 0.717) is 3.80 Å². The zero-order chi connectivity index (χ0) is 23.5. The number of para-hydroxylation sites is 2. The molecule has 33 heavy (non-hydrogen) atoms. The molecule has 5 rings (SSSR count). The first-order valence-corrected chi connectivity index (χ1v) is 16.5. The average molecular weight is 632 g/mol. The van der Waals surface area contributed by atoms with Gasteiger partial charge < -0.3 is 0 Å². The van der Waals surface area contributed by atoms with Gasteiger partial charge in [0, 0.05) is 0 Å². The Bertz CT molecular complexity index is 1290. The molecule has 0 spiro atoms. The van der Waals surface area contributed by atoms with Crippen LogP contribution in [0.25, 0.3) is 6.08 Å². The van der Waals surface area contributed by atoms with Gasteiger partial charge in [0.15, 0.2) is 0 Å². The molecule has 0 bridgehead atoms. The van der Waals surface area contributed by atoms with E-state index in [0.717, 1.165) is 4.44 Å². The molecule has 0 aliphatic carbocycles. The molecule has 3 heterocycles. The van der Waals surface area contributed by atoms with Crippen LogP contribution in [-0.2, 0) is 9.59 Å². The van der Waals surface area contributed by atoms with Crippen molar-refractivity contribution in [3.63, 3.8) is 0 Å². The van der Waals surface area contributed by atoms with Crippen LogP contribution in [0.1, 0.15) is 4.44 Å². The van der Waals surface area contributed by atoms with Gasteiger partial charge in [-0.2, -0.15) is 0 Å². The number of anilines is 3. The van der Waals surface area contributed by atoms with Crippen molar-refractivity contribution >= 4 is 92.4 Å². The summed E-state index contributed by atoms with van der Waals surface area (Å²) in [4.78, 5) is 31.1. The van der Waals surface area contributed by atoms with Gasteiger partial charge in [-0.05, 0) is 0 Å². The van der Waals surface area contributed by atoms with E-state index in [4.69, 9.17) is 0 Å². The molecule has 5 nitrogen and oxygen atoms in total. The van der Waals surface area contributed by atoms with Gasteiger partial charge in [-0.1, -0.05) is 0 Å². The third-order valence-corrected chi connectivity index (χ3v) is 13.6. The number of benzene rings is 2. The third-order valence-electron chi connectivity index (χ3n) is 6.40. The molecule has 2 aliphatic heterocycles. The average Bonchev–Trinajstić information content (AvgIpc) is 3.28. The predicted molar refractivity (Wildman–Crippen MR) is 139 cm³/mol. The van der Waals surface area contributed by atoms with Crippen LogP contribution in [-0.4, -0.2) is 83.9 Å². The van der Waals surface area contributed by atoms with Gasteiger partial charge in [0.05, 0.1) is 0 Å². The summed E-state index contributed by atoms with van der Waals surface area (Å²) >= 11 is 1.66. The molecule has 1 aromatic heterocycles. The molecule has 2 aliphatic rings. The molecular weight excluding hydrogens is 609 g/mol. The maximum atomic E-state index is 12.8. The fourth-order valence-corrected chi connectivity index (χ4v) is 10.1. The summed E-state index contributed by atoms with van der Waals surface area (Å²) in [6.07, 6.45) is 1.79. The monoisotopic (exact) mass is 635 g/mol. The third kappa shape index (κ3) is 3.53. The van der Waals surface area contributed by atoms with Crippen molar-refractivity contribution in [2.75, 3.05) is 19.0 Å². The van der Waals surface area contributed by atoms with E-state index in [2.05, 4.69) is 78.7 Å². The van der Waals surface area contributed by atoms with Crippen molar-refractivity contribution < 1.29 is 9.59 Å². The number of carbonyl (C=O) groups excluding carboxylic acids is 2. The number of fused-ring (bicyclic) bond motifs is 2. The topological polar surface area (TPSA) is 43.9 Å². The second-order valence-electron chi connectivity index (χ2n) is 8.74. The summed E-state index contributed by atoms with van der Waals surface area (Å²) in [5.41, 5.74) is 2.72. The van der Waals surface area contributed by atoms with Crippen LogP contribution in [0.4, 0.5) is 15.9 Å². The molecule has 0 radical (unpaired) electrons. The van der Waals surface area contributed by atoms with Crippen LogP contribution >= 0.6 is 0 Å². The normalized spacial score (nSPS) is 17.3. The van der Waals surface area contributed by atoms with Crippen molar-refractivity contribution in [2.45, 2.75) is 13.1 Å². The Morgan fingerprint density at radius 2 is 1.33 bits per heavy atom. The van der Waals surface area contributed by atoms with Crippen molar-refractivity contribution in [1.29, 1.82) is 0 Å². The molecule has 2 amide bonds. The van der Waals surface area contributed by atoms with Gasteiger partial charge in [0.1, 0.15) is 0 Å². The molecule has 1 saturated heterocycles. The van der Waals surface area contributed by atoms with E-state index in [1.54, 1.807) is 51.8 Å². The summed E-state index contributed by atoms with van der Waals surface area (Å²) in [7, 11) is 1.61. The second kappa shape index (κ2) is 8.23. The Morgan fingerprint density at radius 3 is 1.88 bits per heavy atom. The number of hydrogen-bond donors (Lipinski definition) is 0. The summed E-state index contributed by atoms with van der Waals surface area (Å²) < 4.78 is 2.88. The number of amides is 2. The Morgan fingerprint density at radius 1 is 0.818 bits per heavy atom. The number of nitrogens with zero attached hydrogens (tertiary/aromatic N) is 3. The standard InChI is InChI=1S/C25H23N3O2SeSiTe/c1-26-23(29)17(24(30)27(2)25(26)33)15-16-13-14-22(31-16)28-18-9-5-7-11-20(18)32(3,4)21-12-8-6-10-19(21)28/h5-15H,1-4H3. The first kappa shape index (κ1) is 22.6. The Balaban J connectivity index is 1.61. The van der Waals surface area contributed by atoms with Gasteiger partial charge in [0.25, 0.3) is 0 Å². The first-order chi connectivity index (χ1) is 15.7. The Labute approximate surface area is 213 Å². The number of carbonyl (C=O) groups is 2. The molecular formula is C25H23N3O2SeSiTe. The summed E-state index contributed by atoms with van der Waals surface area (Å²) in [6, 6.07) is 21.6. The van der Waals surface area contributed by atoms with Crippen LogP contribution in [0.15, 0.2) is 66.2 Å². The molecule has 0 unspecified atom stereocenters. The van der Waals surface area contributed by atoms with Crippen LogP contribution in [0, 0.1) is 0 Å². The molecule has 0 atom stereocenters. The van der Waals surface area contributed by atoms with Crippen LogP contribution in [0.2, 0.25) is 13.1 Å². The van der Waals surface area contributed by atoms with Crippen molar-refractivity contribution in [3.05, 3.63) is 70.7 Å². The summed E-state index contributed by atoms with van der Waals surface area (Å²) in [6.45, 7) is 4.83. The summed E-state index contributed by atoms with van der Waals surface area (Å²) in [5, 5.41) is 2.86. The Hall–Kier alpha value is -2.20. The van der Waals surface area contributed by atoms with E-state index in [1.807, 2.05) is 0 Å². The quantitative estimate of drug-likeness (QED) is 0.247. The molecule has 0 saturated carbocycles. The van der Waals surface area contributed by atoms with Crippen LogP contribution in [0.3, 0.4) is 0 Å². The predicted octanol–water partition coefficient (Wildman–Crippen LogP) is 1.92. The van der Waals surface area contributed by atoms with E-state index >= 15 is 0 Å². The van der Waals surface area contributed by atoms with E-state index < -0.39 is 8.07 Å². The fraction of sp³-hybridized carbons (Fsp3) is 0.160. The maximum absolute atomic E-state index is 12.8. The minimum atomic E-state index is -1.81. The van der Waals surface area contributed by atoms with Gasteiger partial charge in [-0.3, -0.25) is 0 Å². The van der Waals surface area contributed by atoms with Crippen molar-refractivity contribution in [3.8, 4) is 0 Å². The van der Waals surface area contributed by atoms with E-state index in [1.165, 1.54) is 26.3 Å². The van der Waals surface area contributed by atoms with Crippen molar-refractivity contribution in [2.24, 2.45) is 0 Å². The molecule has 2 aromatic carbocycles. The zero-order valence-corrected chi connectivity index (χ0v) is 23.9. The second-order valence-corrected chi connectivity index (χ2v) is 16.4. The fourth-order valence-electron chi connectivity index (χ4n) is 4.56. The number of likely N-dealkylation sites (N-methyl/N-ethyl adjacent to an activating group) is 2. The minimum absolute atomic E-state index is 0.0369. The van der Waals surface area contributed by atoms with E-state index in [-0.39, 0.29) is 31.9 Å². The van der Waals surface area contributed by atoms with Crippen LogP contribution in [0.5, 0.6) is 0 Å². The molecule has 8 heteroatoms. The number of hydrogen-bond acceptors (Lipinski definition) is 3. The van der Waals surface area contributed by atoms with Gasteiger partial charge in [-0.15, -0.1) is 0 Å². The molecule has 166 valence electrons.